The first-order chi connectivity index (χ1) is 11.6. The van der Waals surface area contributed by atoms with Crippen LogP contribution in [0.5, 0.6) is 5.75 Å². The van der Waals surface area contributed by atoms with Gasteiger partial charge in [0.15, 0.2) is 0 Å². The van der Waals surface area contributed by atoms with E-state index in [9.17, 15) is 9.90 Å². The van der Waals surface area contributed by atoms with E-state index >= 15 is 0 Å². The summed E-state index contributed by atoms with van der Waals surface area (Å²) in [6.45, 7) is 3.75. The zero-order valence-electron chi connectivity index (χ0n) is 13.9. The lowest BCUT2D eigenvalue weighted by Gasteiger charge is -2.29. The summed E-state index contributed by atoms with van der Waals surface area (Å²) in [5.74, 6) is 0.697. The number of hydrogen-bond donors (Lipinski definition) is 1. The number of piperidine rings is 1. The predicted molar refractivity (Wildman–Crippen MR) is 93.1 cm³/mol. The third-order valence-corrected chi connectivity index (χ3v) is 4.32. The molecule has 0 atom stereocenters. The monoisotopic (exact) mass is 325 g/mol. The van der Waals surface area contributed by atoms with E-state index in [2.05, 4.69) is 19.1 Å². The van der Waals surface area contributed by atoms with Crippen LogP contribution >= 0.6 is 0 Å². The fraction of sp³-hybridized carbons (Fsp3) is 0.350. The van der Waals surface area contributed by atoms with Crippen LogP contribution in [0.4, 0.5) is 0 Å². The first-order valence-electron chi connectivity index (χ1n) is 8.37. The molecule has 0 aromatic heterocycles. The van der Waals surface area contributed by atoms with Crippen molar-refractivity contribution in [3.63, 3.8) is 0 Å². The predicted octanol–water partition coefficient (Wildman–Crippen LogP) is 3.17. The lowest BCUT2D eigenvalue weighted by molar-refractivity contribution is 0.0546. The highest BCUT2D eigenvalue weighted by Gasteiger charge is 2.22. The van der Waals surface area contributed by atoms with Gasteiger partial charge in [-0.2, -0.15) is 0 Å². The Labute approximate surface area is 142 Å². The summed E-state index contributed by atoms with van der Waals surface area (Å²) in [5, 5.41) is 9.56. The molecule has 24 heavy (non-hydrogen) atoms. The number of likely N-dealkylation sites (tertiary alicyclic amines) is 1. The van der Waals surface area contributed by atoms with E-state index < -0.39 is 0 Å². The molecule has 126 valence electrons. The van der Waals surface area contributed by atoms with Crippen LogP contribution < -0.4 is 4.74 Å². The summed E-state index contributed by atoms with van der Waals surface area (Å²) >= 11 is 0. The van der Waals surface area contributed by atoms with Gasteiger partial charge in [0.25, 0.3) is 5.91 Å². The molecule has 3 rings (SSSR count). The van der Waals surface area contributed by atoms with Crippen molar-refractivity contribution in [2.75, 3.05) is 13.1 Å². The highest BCUT2D eigenvalue weighted by molar-refractivity contribution is 5.94. The zero-order chi connectivity index (χ0) is 16.9. The number of nitrogens with zero attached hydrogens (tertiary/aromatic N) is 1. The number of ether oxygens (including phenoxy) is 1. The van der Waals surface area contributed by atoms with Gasteiger partial charge in [-0.1, -0.05) is 35.9 Å². The van der Waals surface area contributed by atoms with E-state index in [0.29, 0.717) is 43.9 Å². The van der Waals surface area contributed by atoms with Crippen molar-refractivity contribution in [3.8, 4) is 5.75 Å². The van der Waals surface area contributed by atoms with Crippen LogP contribution in [0.1, 0.15) is 34.3 Å². The van der Waals surface area contributed by atoms with E-state index in [-0.39, 0.29) is 12.0 Å². The zero-order valence-corrected chi connectivity index (χ0v) is 13.9. The van der Waals surface area contributed by atoms with Crippen LogP contribution in [0.15, 0.2) is 48.5 Å². The van der Waals surface area contributed by atoms with Crippen LogP contribution in [0.3, 0.4) is 0 Å². The third kappa shape index (κ3) is 4.15. The van der Waals surface area contributed by atoms with Crippen LogP contribution in [0, 0.1) is 6.92 Å². The number of benzene rings is 2. The molecule has 1 aliphatic heterocycles. The molecule has 2 aromatic carbocycles. The van der Waals surface area contributed by atoms with Gasteiger partial charge in [0.2, 0.25) is 0 Å². The van der Waals surface area contributed by atoms with Gasteiger partial charge in [0.1, 0.15) is 12.4 Å². The van der Waals surface area contributed by atoms with Crippen LogP contribution in [0.25, 0.3) is 0 Å². The second kappa shape index (κ2) is 7.49. The van der Waals surface area contributed by atoms with Crippen molar-refractivity contribution in [2.45, 2.75) is 32.5 Å². The number of carbonyl (C=O) groups excluding carboxylic acids is 1. The molecule has 0 radical (unpaired) electrons. The summed E-state index contributed by atoms with van der Waals surface area (Å²) in [5.41, 5.74) is 2.94. The molecule has 4 heteroatoms. The largest absolute Gasteiger partial charge is 0.489 e. The molecule has 1 fully saturated rings. The average molecular weight is 325 g/mol. The maximum atomic E-state index is 12.6. The summed E-state index contributed by atoms with van der Waals surface area (Å²) in [7, 11) is 0. The van der Waals surface area contributed by atoms with Crippen molar-refractivity contribution < 1.29 is 14.6 Å². The first-order valence-corrected chi connectivity index (χ1v) is 8.37. The van der Waals surface area contributed by atoms with Crippen molar-refractivity contribution in [2.24, 2.45) is 0 Å². The Bertz CT molecular complexity index is 706. The maximum absolute atomic E-state index is 12.6. The van der Waals surface area contributed by atoms with Gasteiger partial charge in [-0.25, -0.2) is 0 Å². The fourth-order valence-electron chi connectivity index (χ4n) is 2.94. The summed E-state index contributed by atoms with van der Waals surface area (Å²) < 4.78 is 5.83. The molecule has 0 bridgehead atoms. The Morgan fingerprint density at radius 3 is 2.67 bits per heavy atom. The molecule has 4 nitrogen and oxygen atoms in total. The number of amides is 1. The van der Waals surface area contributed by atoms with Crippen molar-refractivity contribution in [3.05, 3.63) is 65.2 Å². The SMILES string of the molecule is Cc1cccc(COc2cccc(C(=O)N3CCC(O)CC3)c2)c1. The van der Waals surface area contributed by atoms with Crippen molar-refractivity contribution >= 4 is 5.91 Å². The van der Waals surface area contributed by atoms with Gasteiger partial charge in [-0.15, -0.1) is 0 Å². The van der Waals surface area contributed by atoms with Crippen LogP contribution in [-0.4, -0.2) is 35.1 Å². The second-order valence-electron chi connectivity index (χ2n) is 6.33. The molecule has 1 N–H and O–H groups in total. The molecule has 0 unspecified atom stereocenters. The molecule has 1 heterocycles. The van der Waals surface area contributed by atoms with E-state index in [4.69, 9.17) is 4.74 Å². The maximum Gasteiger partial charge on any atom is 0.253 e. The van der Waals surface area contributed by atoms with Gasteiger partial charge in [-0.3, -0.25) is 4.79 Å². The highest BCUT2D eigenvalue weighted by atomic mass is 16.5. The van der Waals surface area contributed by atoms with Crippen LogP contribution in [-0.2, 0) is 6.61 Å². The highest BCUT2D eigenvalue weighted by Crippen LogP contribution is 2.19. The minimum Gasteiger partial charge on any atom is -0.489 e. The summed E-state index contributed by atoms with van der Waals surface area (Å²) in [6.07, 6.45) is 1.02. The normalized spacial score (nSPS) is 15.3. The Hall–Kier alpha value is -2.33. The fourth-order valence-corrected chi connectivity index (χ4v) is 2.94. The van der Waals surface area contributed by atoms with Gasteiger partial charge in [-0.05, 0) is 43.5 Å². The Morgan fingerprint density at radius 1 is 1.17 bits per heavy atom. The van der Waals surface area contributed by atoms with Crippen LogP contribution in [0.2, 0.25) is 0 Å². The lowest BCUT2D eigenvalue weighted by atomic mass is 10.1. The van der Waals surface area contributed by atoms with Gasteiger partial charge < -0.3 is 14.7 Å². The molecule has 1 saturated heterocycles. The standard InChI is InChI=1S/C20H23NO3/c1-15-4-2-5-16(12-15)14-24-19-7-3-6-17(13-19)20(23)21-10-8-18(22)9-11-21/h2-7,12-13,18,22H,8-11,14H2,1H3. The minimum atomic E-state index is -0.280. The Balaban J connectivity index is 1.64. The van der Waals surface area contributed by atoms with E-state index in [1.165, 1.54) is 5.56 Å². The van der Waals surface area contributed by atoms with Gasteiger partial charge in [0, 0.05) is 18.7 Å². The summed E-state index contributed by atoms with van der Waals surface area (Å²) in [4.78, 5) is 14.4. The number of aryl methyl sites for hydroxylation is 1. The molecule has 1 amide bonds. The van der Waals surface area contributed by atoms with E-state index in [1.54, 1.807) is 11.0 Å². The van der Waals surface area contributed by atoms with E-state index in [1.807, 2.05) is 30.3 Å². The lowest BCUT2D eigenvalue weighted by Crippen LogP contribution is -2.40. The molecular weight excluding hydrogens is 302 g/mol. The quantitative estimate of drug-likeness (QED) is 0.939. The van der Waals surface area contributed by atoms with Crippen molar-refractivity contribution in [1.29, 1.82) is 0 Å². The topological polar surface area (TPSA) is 49.8 Å². The average Bonchev–Trinajstić information content (AvgIpc) is 2.60. The number of aliphatic hydroxyl groups is 1. The van der Waals surface area contributed by atoms with Gasteiger partial charge in [0.05, 0.1) is 6.10 Å². The second-order valence-corrected chi connectivity index (χ2v) is 6.33. The molecular formula is C20H23NO3. The Kier molecular flexibility index (Phi) is 5.16. The molecule has 0 aliphatic carbocycles. The first kappa shape index (κ1) is 16.5. The van der Waals surface area contributed by atoms with Gasteiger partial charge >= 0.3 is 0 Å². The van der Waals surface area contributed by atoms with E-state index in [0.717, 1.165) is 5.56 Å². The Morgan fingerprint density at radius 2 is 1.92 bits per heavy atom. The third-order valence-electron chi connectivity index (χ3n) is 4.32. The smallest absolute Gasteiger partial charge is 0.253 e. The number of rotatable bonds is 4. The minimum absolute atomic E-state index is 0.00269. The molecule has 0 spiro atoms. The number of aliphatic hydroxyl groups excluding tert-OH is 1. The van der Waals surface area contributed by atoms with Crippen molar-refractivity contribution in [1.82, 2.24) is 4.90 Å². The molecule has 1 aliphatic rings. The number of hydrogen-bond acceptors (Lipinski definition) is 3. The summed E-state index contributed by atoms with van der Waals surface area (Å²) in [6, 6.07) is 15.5. The number of carbonyl (C=O) groups is 1. The molecule has 2 aromatic rings. The molecule has 0 saturated carbocycles.